The number of hydrogen-bond donors (Lipinski definition) is 1. The van der Waals surface area contributed by atoms with E-state index >= 15 is 0 Å². The third-order valence-electron chi connectivity index (χ3n) is 5.64. The van der Waals surface area contributed by atoms with Gasteiger partial charge < -0.3 is 19.9 Å². The molecule has 3 aromatic rings. The van der Waals surface area contributed by atoms with Crippen LogP contribution in [0.2, 0.25) is 0 Å². The summed E-state index contributed by atoms with van der Waals surface area (Å²) in [6.07, 6.45) is 3.29. The molecule has 4 rings (SSSR count). The van der Waals surface area contributed by atoms with Gasteiger partial charge in [-0.05, 0) is 42.3 Å². The standard InChI is InChI=1S/C28H26N2O4/c1-2-3-7-16-32-21-12-10-19(11-13-21)26-23-15-14-22(17-25(23)34-27(30)24(26)18-29)33-28(31)20-8-5-4-6-9-20/h4-6,8-15,17,26H,2-3,7,16,30H2,1H3/t26-/m0/s1. The second kappa shape index (κ2) is 10.6. The Morgan fingerprint density at radius 1 is 1.03 bits per heavy atom. The molecule has 0 aromatic heterocycles. The fourth-order valence-electron chi connectivity index (χ4n) is 3.88. The van der Waals surface area contributed by atoms with E-state index in [1.165, 1.54) is 0 Å². The first-order valence-electron chi connectivity index (χ1n) is 11.3. The van der Waals surface area contributed by atoms with Gasteiger partial charge in [-0.25, -0.2) is 4.79 Å². The van der Waals surface area contributed by atoms with Crippen LogP contribution < -0.4 is 19.9 Å². The predicted octanol–water partition coefficient (Wildman–Crippen LogP) is 5.69. The van der Waals surface area contributed by atoms with Gasteiger partial charge in [-0.2, -0.15) is 5.26 Å². The van der Waals surface area contributed by atoms with Gasteiger partial charge in [0.05, 0.1) is 18.1 Å². The van der Waals surface area contributed by atoms with Crippen molar-refractivity contribution in [2.24, 2.45) is 5.73 Å². The van der Waals surface area contributed by atoms with E-state index in [0.29, 0.717) is 29.2 Å². The van der Waals surface area contributed by atoms with Crippen LogP contribution >= 0.6 is 0 Å². The van der Waals surface area contributed by atoms with Crippen molar-refractivity contribution in [3.63, 3.8) is 0 Å². The molecule has 0 saturated carbocycles. The Morgan fingerprint density at radius 2 is 1.76 bits per heavy atom. The van der Waals surface area contributed by atoms with Crippen LogP contribution in [0.1, 0.15) is 53.6 Å². The fraction of sp³-hybridized carbons (Fsp3) is 0.214. The maximum absolute atomic E-state index is 12.4. The highest BCUT2D eigenvalue weighted by Crippen LogP contribution is 2.43. The number of allylic oxidation sites excluding steroid dienone is 1. The zero-order valence-corrected chi connectivity index (χ0v) is 19.0. The number of fused-ring (bicyclic) bond motifs is 1. The minimum absolute atomic E-state index is 0.0337. The number of carbonyl (C=O) groups excluding carboxylic acids is 1. The molecular weight excluding hydrogens is 428 g/mol. The molecule has 0 radical (unpaired) electrons. The summed E-state index contributed by atoms with van der Waals surface area (Å²) >= 11 is 0. The molecule has 0 spiro atoms. The summed E-state index contributed by atoms with van der Waals surface area (Å²) in [7, 11) is 0. The molecular formula is C28H26N2O4. The second-order valence-electron chi connectivity index (χ2n) is 8.00. The second-order valence-corrected chi connectivity index (χ2v) is 8.00. The molecule has 1 atom stereocenters. The number of rotatable bonds is 8. The maximum atomic E-state index is 12.4. The van der Waals surface area contributed by atoms with E-state index in [1.807, 2.05) is 30.3 Å². The molecule has 3 aromatic carbocycles. The number of nitriles is 1. The number of carbonyl (C=O) groups is 1. The van der Waals surface area contributed by atoms with Gasteiger partial charge in [-0.3, -0.25) is 0 Å². The highest BCUT2D eigenvalue weighted by molar-refractivity contribution is 5.91. The van der Waals surface area contributed by atoms with Crippen molar-refractivity contribution >= 4 is 5.97 Å². The van der Waals surface area contributed by atoms with Crippen molar-refractivity contribution in [1.29, 1.82) is 5.26 Å². The molecule has 1 aliphatic heterocycles. The first kappa shape index (κ1) is 22.9. The first-order chi connectivity index (χ1) is 16.6. The molecule has 1 aliphatic rings. The topological polar surface area (TPSA) is 94.6 Å². The number of hydrogen-bond acceptors (Lipinski definition) is 6. The molecule has 6 heteroatoms. The normalized spacial score (nSPS) is 14.5. The Morgan fingerprint density at radius 3 is 2.47 bits per heavy atom. The number of ether oxygens (including phenoxy) is 3. The zero-order valence-electron chi connectivity index (χ0n) is 19.0. The first-order valence-corrected chi connectivity index (χ1v) is 11.3. The summed E-state index contributed by atoms with van der Waals surface area (Å²) in [5.41, 5.74) is 8.53. The SMILES string of the molecule is CCCCCOc1ccc([C@@H]2C(C#N)=C(N)Oc3cc(OC(=O)c4ccccc4)ccc32)cc1. The average molecular weight is 455 g/mol. The van der Waals surface area contributed by atoms with Crippen molar-refractivity contribution in [3.05, 3.63) is 101 Å². The Kier molecular flexibility index (Phi) is 7.14. The molecule has 172 valence electrons. The molecule has 0 saturated heterocycles. The van der Waals surface area contributed by atoms with Crippen LogP contribution in [0.15, 0.2) is 84.3 Å². The zero-order chi connectivity index (χ0) is 23.9. The van der Waals surface area contributed by atoms with Crippen LogP contribution in [0.25, 0.3) is 0 Å². The minimum Gasteiger partial charge on any atom is -0.494 e. The van der Waals surface area contributed by atoms with E-state index in [-0.39, 0.29) is 5.88 Å². The summed E-state index contributed by atoms with van der Waals surface area (Å²) in [4.78, 5) is 12.4. The van der Waals surface area contributed by atoms with Gasteiger partial charge in [-0.15, -0.1) is 0 Å². The Balaban J connectivity index is 1.58. The van der Waals surface area contributed by atoms with Crippen LogP contribution in [0.4, 0.5) is 0 Å². The Hall–Kier alpha value is -4.24. The van der Waals surface area contributed by atoms with Crippen molar-refractivity contribution in [3.8, 4) is 23.3 Å². The van der Waals surface area contributed by atoms with Crippen molar-refractivity contribution < 1.29 is 19.0 Å². The molecule has 0 aliphatic carbocycles. The van der Waals surface area contributed by atoms with E-state index in [2.05, 4.69) is 13.0 Å². The van der Waals surface area contributed by atoms with Crippen molar-refractivity contribution in [2.45, 2.75) is 32.1 Å². The highest BCUT2D eigenvalue weighted by atomic mass is 16.5. The number of esters is 1. The van der Waals surface area contributed by atoms with Crippen LogP contribution in [0.3, 0.4) is 0 Å². The molecule has 34 heavy (non-hydrogen) atoms. The molecule has 6 nitrogen and oxygen atoms in total. The summed E-state index contributed by atoms with van der Waals surface area (Å²) in [5, 5.41) is 9.78. The smallest absolute Gasteiger partial charge is 0.343 e. The largest absolute Gasteiger partial charge is 0.494 e. The molecule has 0 fully saturated rings. The number of unbranched alkanes of at least 4 members (excludes halogenated alkanes) is 2. The minimum atomic E-state index is -0.469. The summed E-state index contributed by atoms with van der Waals surface area (Å²) < 4.78 is 17.1. The lowest BCUT2D eigenvalue weighted by Gasteiger charge is -2.26. The third-order valence-corrected chi connectivity index (χ3v) is 5.64. The number of benzene rings is 3. The summed E-state index contributed by atoms with van der Waals surface area (Å²) in [6, 6.07) is 23.7. The van der Waals surface area contributed by atoms with E-state index < -0.39 is 11.9 Å². The lowest BCUT2D eigenvalue weighted by atomic mass is 9.83. The van der Waals surface area contributed by atoms with Gasteiger partial charge in [0.15, 0.2) is 0 Å². The lowest BCUT2D eigenvalue weighted by Crippen LogP contribution is -2.21. The van der Waals surface area contributed by atoms with E-state index in [4.69, 9.17) is 19.9 Å². The van der Waals surface area contributed by atoms with Crippen LogP contribution in [0, 0.1) is 11.3 Å². The summed E-state index contributed by atoms with van der Waals surface area (Å²) in [6.45, 7) is 2.83. The quantitative estimate of drug-likeness (QED) is 0.267. The average Bonchev–Trinajstić information content (AvgIpc) is 2.86. The molecule has 1 heterocycles. The predicted molar refractivity (Wildman–Crippen MR) is 129 cm³/mol. The number of nitrogens with two attached hydrogens (primary N) is 1. The molecule has 0 unspecified atom stereocenters. The van der Waals surface area contributed by atoms with Crippen LogP contribution in [0.5, 0.6) is 17.2 Å². The van der Waals surface area contributed by atoms with Gasteiger partial charge in [0.25, 0.3) is 0 Å². The summed E-state index contributed by atoms with van der Waals surface area (Å²) in [5.74, 6) is 0.720. The molecule has 2 N–H and O–H groups in total. The Labute approximate surface area is 199 Å². The van der Waals surface area contributed by atoms with E-state index in [0.717, 1.165) is 36.1 Å². The van der Waals surface area contributed by atoms with Gasteiger partial charge in [0, 0.05) is 11.6 Å². The lowest BCUT2D eigenvalue weighted by molar-refractivity contribution is 0.0734. The third kappa shape index (κ3) is 5.05. The monoisotopic (exact) mass is 454 g/mol. The van der Waals surface area contributed by atoms with Gasteiger partial charge in [0.2, 0.25) is 5.88 Å². The van der Waals surface area contributed by atoms with Gasteiger partial charge >= 0.3 is 5.97 Å². The molecule has 0 amide bonds. The van der Waals surface area contributed by atoms with E-state index in [9.17, 15) is 10.1 Å². The van der Waals surface area contributed by atoms with E-state index in [1.54, 1.807) is 42.5 Å². The molecule has 0 bridgehead atoms. The van der Waals surface area contributed by atoms with Gasteiger partial charge in [-0.1, -0.05) is 56.2 Å². The van der Waals surface area contributed by atoms with Crippen molar-refractivity contribution in [1.82, 2.24) is 0 Å². The maximum Gasteiger partial charge on any atom is 0.343 e. The highest BCUT2D eigenvalue weighted by Gasteiger charge is 2.31. The van der Waals surface area contributed by atoms with Crippen LogP contribution in [-0.4, -0.2) is 12.6 Å². The van der Waals surface area contributed by atoms with Crippen LogP contribution in [-0.2, 0) is 0 Å². The van der Waals surface area contributed by atoms with Crippen molar-refractivity contribution in [2.75, 3.05) is 6.61 Å². The number of nitrogens with zero attached hydrogens (tertiary/aromatic N) is 1. The fourth-order valence-corrected chi connectivity index (χ4v) is 3.88. The van der Waals surface area contributed by atoms with Gasteiger partial charge in [0.1, 0.15) is 28.9 Å². The Bertz CT molecular complexity index is 1230.